The van der Waals surface area contributed by atoms with Crippen LogP contribution in [0.1, 0.15) is 19.5 Å². The van der Waals surface area contributed by atoms with Crippen molar-refractivity contribution < 1.29 is 30.0 Å². The molecule has 0 bridgehead atoms. The lowest BCUT2D eigenvalue weighted by atomic mass is 10.2. The standard InChI is InChI=1S/C20H18F3N5O4S2/c1-4-33(29,30)12-6-11-7-15(34(31,32)5-2)17(27-18(11)25-9-12)19-26-13-8-16(20(21,22)23)24-10-14(13)28(19)3/h6-10H,4-5H2,1-3H3. The van der Waals surface area contributed by atoms with E-state index in [2.05, 4.69) is 19.9 Å². The van der Waals surface area contributed by atoms with E-state index in [1.807, 2.05) is 0 Å². The van der Waals surface area contributed by atoms with Crippen molar-refractivity contribution in [3.63, 3.8) is 0 Å². The van der Waals surface area contributed by atoms with E-state index in [9.17, 15) is 30.0 Å². The van der Waals surface area contributed by atoms with E-state index in [0.717, 1.165) is 18.5 Å². The van der Waals surface area contributed by atoms with Crippen LogP contribution in [0.4, 0.5) is 13.2 Å². The minimum atomic E-state index is -4.68. The van der Waals surface area contributed by atoms with Gasteiger partial charge in [0, 0.05) is 18.6 Å². The number of imidazole rings is 1. The summed E-state index contributed by atoms with van der Waals surface area (Å²) in [6.07, 6.45) is -2.55. The molecule has 0 N–H and O–H groups in total. The van der Waals surface area contributed by atoms with E-state index >= 15 is 0 Å². The highest BCUT2D eigenvalue weighted by molar-refractivity contribution is 7.91. The highest BCUT2D eigenvalue weighted by Crippen LogP contribution is 2.33. The Bertz CT molecular complexity index is 1660. The molecule has 0 spiro atoms. The molecule has 180 valence electrons. The third-order valence-electron chi connectivity index (χ3n) is 5.33. The summed E-state index contributed by atoms with van der Waals surface area (Å²) in [5, 5.41) is 0.185. The highest BCUT2D eigenvalue weighted by Gasteiger charge is 2.33. The minimum Gasteiger partial charge on any atom is -0.324 e. The molecule has 0 atom stereocenters. The van der Waals surface area contributed by atoms with Gasteiger partial charge in [-0.15, -0.1) is 0 Å². The van der Waals surface area contributed by atoms with Crippen LogP contribution in [0.2, 0.25) is 0 Å². The van der Waals surface area contributed by atoms with Gasteiger partial charge < -0.3 is 4.57 Å². The molecule has 0 aliphatic carbocycles. The Morgan fingerprint density at radius 3 is 2.21 bits per heavy atom. The molecule has 4 heterocycles. The van der Waals surface area contributed by atoms with E-state index < -0.39 is 31.5 Å². The van der Waals surface area contributed by atoms with Gasteiger partial charge in [0.05, 0.1) is 38.5 Å². The van der Waals surface area contributed by atoms with Crippen molar-refractivity contribution in [1.29, 1.82) is 0 Å². The fourth-order valence-electron chi connectivity index (χ4n) is 3.37. The number of fused-ring (bicyclic) bond motifs is 2. The fourth-order valence-corrected chi connectivity index (χ4v) is 5.27. The van der Waals surface area contributed by atoms with Crippen molar-refractivity contribution in [2.24, 2.45) is 7.05 Å². The summed E-state index contributed by atoms with van der Waals surface area (Å²) >= 11 is 0. The van der Waals surface area contributed by atoms with Crippen molar-refractivity contribution >= 4 is 41.7 Å². The molecule has 0 aliphatic heterocycles. The van der Waals surface area contributed by atoms with E-state index in [-0.39, 0.29) is 54.9 Å². The zero-order valence-electron chi connectivity index (χ0n) is 18.1. The summed E-state index contributed by atoms with van der Waals surface area (Å²) in [6.45, 7) is 2.90. The van der Waals surface area contributed by atoms with E-state index in [1.54, 1.807) is 0 Å². The maximum atomic E-state index is 13.1. The SMILES string of the molecule is CCS(=O)(=O)c1cnc2nc(-c3nc4cc(C(F)(F)F)ncc4n3C)c(S(=O)(=O)CC)cc2c1. The van der Waals surface area contributed by atoms with Gasteiger partial charge in [-0.1, -0.05) is 13.8 Å². The number of aryl methyl sites for hydroxylation is 1. The van der Waals surface area contributed by atoms with Crippen LogP contribution < -0.4 is 0 Å². The molecular formula is C20H18F3N5O4S2. The van der Waals surface area contributed by atoms with Gasteiger partial charge in [0.1, 0.15) is 11.4 Å². The molecule has 14 heteroatoms. The summed E-state index contributed by atoms with van der Waals surface area (Å²) in [4.78, 5) is 15.7. The molecule has 0 saturated carbocycles. The first kappa shape index (κ1) is 24.0. The second kappa shape index (κ2) is 7.98. The molecule has 4 aromatic heterocycles. The van der Waals surface area contributed by atoms with Gasteiger partial charge in [-0.2, -0.15) is 13.2 Å². The Hall–Kier alpha value is -3.13. The third-order valence-corrected chi connectivity index (χ3v) is 8.77. The molecule has 4 aromatic rings. The molecule has 0 unspecified atom stereocenters. The zero-order chi connectivity index (χ0) is 25.1. The number of rotatable bonds is 5. The molecule has 0 fully saturated rings. The molecular weight excluding hydrogens is 495 g/mol. The molecule has 0 saturated heterocycles. The first-order valence-electron chi connectivity index (χ1n) is 9.95. The number of alkyl halides is 3. The zero-order valence-corrected chi connectivity index (χ0v) is 19.8. The van der Waals surface area contributed by atoms with Crippen molar-refractivity contribution in [3.8, 4) is 11.5 Å². The van der Waals surface area contributed by atoms with Crippen molar-refractivity contribution in [1.82, 2.24) is 24.5 Å². The monoisotopic (exact) mass is 513 g/mol. The maximum absolute atomic E-state index is 13.1. The lowest BCUT2D eigenvalue weighted by molar-refractivity contribution is -0.141. The Balaban J connectivity index is 2.03. The van der Waals surface area contributed by atoms with Crippen LogP contribution in [-0.4, -0.2) is 52.8 Å². The molecule has 0 radical (unpaired) electrons. The first-order chi connectivity index (χ1) is 15.8. The largest absolute Gasteiger partial charge is 0.433 e. The van der Waals surface area contributed by atoms with Crippen molar-refractivity contribution in [3.05, 3.63) is 36.3 Å². The smallest absolute Gasteiger partial charge is 0.324 e. The van der Waals surface area contributed by atoms with E-state index in [1.165, 1.54) is 37.6 Å². The summed E-state index contributed by atoms with van der Waals surface area (Å²) in [5.41, 5.74) is -0.994. The molecule has 9 nitrogen and oxygen atoms in total. The van der Waals surface area contributed by atoms with Crippen LogP contribution in [-0.2, 0) is 32.9 Å². The van der Waals surface area contributed by atoms with Gasteiger partial charge in [-0.25, -0.2) is 36.8 Å². The van der Waals surface area contributed by atoms with Crippen LogP contribution >= 0.6 is 0 Å². The van der Waals surface area contributed by atoms with E-state index in [4.69, 9.17) is 0 Å². The second-order valence-corrected chi connectivity index (χ2v) is 11.9. The Morgan fingerprint density at radius 1 is 0.912 bits per heavy atom. The van der Waals surface area contributed by atoms with E-state index in [0.29, 0.717) is 0 Å². The molecule has 4 rings (SSSR count). The van der Waals surface area contributed by atoms with Gasteiger partial charge in [0.25, 0.3) is 0 Å². The molecule has 0 amide bonds. The number of aromatic nitrogens is 5. The Kier molecular flexibility index (Phi) is 5.63. The van der Waals surface area contributed by atoms with Gasteiger partial charge in [0.2, 0.25) is 0 Å². The lowest BCUT2D eigenvalue weighted by Crippen LogP contribution is -2.10. The first-order valence-corrected chi connectivity index (χ1v) is 13.2. The highest BCUT2D eigenvalue weighted by atomic mass is 32.2. The number of nitrogens with zero attached hydrogens (tertiary/aromatic N) is 5. The fraction of sp³-hybridized carbons (Fsp3) is 0.300. The Morgan fingerprint density at radius 2 is 1.59 bits per heavy atom. The minimum absolute atomic E-state index is 0.00268. The Labute approximate surface area is 192 Å². The number of pyridine rings is 3. The summed E-state index contributed by atoms with van der Waals surface area (Å²) in [6, 6.07) is 3.33. The average molecular weight is 514 g/mol. The molecule has 34 heavy (non-hydrogen) atoms. The van der Waals surface area contributed by atoms with Crippen molar-refractivity contribution in [2.75, 3.05) is 11.5 Å². The average Bonchev–Trinajstić information content (AvgIpc) is 3.13. The summed E-state index contributed by atoms with van der Waals surface area (Å²) in [7, 11) is -6.00. The van der Waals surface area contributed by atoms with Crippen molar-refractivity contribution in [2.45, 2.75) is 29.8 Å². The number of sulfone groups is 2. The number of halogens is 3. The van der Waals surface area contributed by atoms with Gasteiger partial charge in [-0.05, 0) is 18.2 Å². The van der Waals surface area contributed by atoms with Gasteiger partial charge in [-0.3, -0.25) is 0 Å². The summed E-state index contributed by atoms with van der Waals surface area (Å²) < 4.78 is 91.0. The van der Waals surface area contributed by atoms with Gasteiger partial charge in [0.15, 0.2) is 31.1 Å². The van der Waals surface area contributed by atoms with Gasteiger partial charge >= 0.3 is 6.18 Å². The van der Waals surface area contributed by atoms with Crippen LogP contribution in [0.25, 0.3) is 33.6 Å². The molecule has 0 aliphatic rings. The predicted molar refractivity (Wildman–Crippen MR) is 117 cm³/mol. The summed E-state index contributed by atoms with van der Waals surface area (Å²) in [5.74, 6) is -0.464. The maximum Gasteiger partial charge on any atom is 0.433 e. The van der Waals surface area contributed by atoms with Crippen LogP contribution in [0, 0.1) is 0 Å². The number of hydrogen-bond acceptors (Lipinski definition) is 8. The molecule has 0 aromatic carbocycles. The second-order valence-electron chi connectivity index (χ2n) is 7.41. The number of hydrogen-bond donors (Lipinski definition) is 0. The van der Waals surface area contributed by atoms with Crippen LogP contribution in [0.5, 0.6) is 0 Å². The van der Waals surface area contributed by atoms with Crippen LogP contribution in [0.3, 0.4) is 0 Å². The normalized spacial score (nSPS) is 13.1. The lowest BCUT2D eigenvalue weighted by Gasteiger charge is -2.11. The predicted octanol–water partition coefficient (Wildman–Crippen LogP) is 3.18. The quantitative estimate of drug-likeness (QED) is 0.399. The third kappa shape index (κ3) is 4.00. The topological polar surface area (TPSA) is 125 Å². The van der Waals surface area contributed by atoms with Crippen LogP contribution in [0.15, 0.2) is 40.4 Å².